The first kappa shape index (κ1) is 18.1. The summed E-state index contributed by atoms with van der Waals surface area (Å²) in [4.78, 5) is 41.1. The van der Waals surface area contributed by atoms with Crippen molar-refractivity contribution in [3.63, 3.8) is 0 Å². The van der Waals surface area contributed by atoms with Crippen LogP contribution < -0.4 is 0 Å². The number of fused-ring (bicyclic) bond motifs is 1. The van der Waals surface area contributed by atoms with E-state index in [-0.39, 0.29) is 34.8 Å². The zero-order chi connectivity index (χ0) is 18.6. The number of aliphatic hydroxyl groups is 1. The molecule has 3 amide bonds. The minimum atomic E-state index is -1.12. The van der Waals surface area contributed by atoms with E-state index in [9.17, 15) is 24.6 Å². The molecule has 2 N–H and O–H groups in total. The summed E-state index contributed by atoms with van der Waals surface area (Å²) in [5.74, 6) is -2.12. The second kappa shape index (κ2) is 6.21. The Morgan fingerprint density at radius 1 is 1.32 bits per heavy atom. The van der Waals surface area contributed by atoms with Crippen molar-refractivity contribution < 1.29 is 24.6 Å². The van der Waals surface area contributed by atoms with Gasteiger partial charge in [0.15, 0.2) is 0 Å². The van der Waals surface area contributed by atoms with E-state index in [2.05, 4.69) is 0 Å². The highest BCUT2D eigenvalue weighted by molar-refractivity contribution is 8.03. The lowest BCUT2D eigenvalue weighted by Crippen LogP contribution is -2.63. The second-order valence-electron chi connectivity index (χ2n) is 7.09. The molecule has 0 aromatic heterocycles. The maximum atomic E-state index is 12.3. The average Bonchev–Trinajstić information content (AvgIpc) is 2.70. The zero-order valence-corrected chi connectivity index (χ0v) is 15.5. The van der Waals surface area contributed by atoms with Crippen LogP contribution in [-0.4, -0.2) is 87.4 Å². The van der Waals surface area contributed by atoms with Crippen molar-refractivity contribution in [2.24, 2.45) is 11.8 Å². The van der Waals surface area contributed by atoms with Crippen molar-refractivity contribution in [3.05, 3.63) is 10.6 Å². The molecule has 0 saturated carbocycles. The summed E-state index contributed by atoms with van der Waals surface area (Å²) in [5.41, 5.74) is 0.0433. The molecule has 0 radical (unpaired) electrons. The van der Waals surface area contributed by atoms with Gasteiger partial charge in [0.2, 0.25) is 5.91 Å². The molecule has 2 saturated heterocycles. The molecule has 0 bridgehead atoms. The van der Waals surface area contributed by atoms with Gasteiger partial charge in [-0.1, -0.05) is 6.92 Å². The predicted molar refractivity (Wildman–Crippen MR) is 91.7 cm³/mol. The van der Waals surface area contributed by atoms with Crippen molar-refractivity contribution in [1.29, 1.82) is 0 Å². The van der Waals surface area contributed by atoms with Gasteiger partial charge in [-0.2, -0.15) is 0 Å². The van der Waals surface area contributed by atoms with Crippen molar-refractivity contribution in [3.8, 4) is 0 Å². The summed E-state index contributed by atoms with van der Waals surface area (Å²) in [6, 6.07) is -0.349. The van der Waals surface area contributed by atoms with Crippen LogP contribution in [-0.2, 0) is 9.59 Å². The number of aliphatic hydroxyl groups excluding tert-OH is 1. The van der Waals surface area contributed by atoms with E-state index in [1.54, 1.807) is 25.9 Å². The van der Waals surface area contributed by atoms with Gasteiger partial charge < -0.3 is 24.9 Å². The quantitative estimate of drug-likeness (QED) is 0.689. The van der Waals surface area contributed by atoms with E-state index >= 15 is 0 Å². The van der Waals surface area contributed by atoms with Crippen LogP contribution in [0.4, 0.5) is 4.79 Å². The van der Waals surface area contributed by atoms with E-state index in [1.807, 2.05) is 6.92 Å². The first-order valence-electron chi connectivity index (χ1n) is 8.26. The molecule has 0 spiro atoms. The number of thioether (sulfide) groups is 1. The predicted octanol–water partition coefficient (Wildman–Crippen LogP) is 0.239. The molecule has 8 nitrogen and oxygen atoms in total. The number of carbonyl (C=O) groups is 3. The lowest BCUT2D eigenvalue weighted by molar-refractivity contribution is -0.163. The third kappa shape index (κ3) is 2.69. The topological polar surface area (TPSA) is 101 Å². The van der Waals surface area contributed by atoms with Crippen molar-refractivity contribution in [2.75, 3.05) is 27.2 Å². The Balaban J connectivity index is 1.74. The Labute approximate surface area is 150 Å². The number of carboxylic acids is 1. The Hall–Kier alpha value is -1.74. The molecular weight excluding hydrogens is 346 g/mol. The number of rotatable bonds is 4. The van der Waals surface area contributed by atoms with Gasteiger partial charge in [-0.25, -0.2) is 9.59 Å². The number of carboxylic acid groups (broad SMARTS) is 1. The van der Waals surface area contributed by atoms with Gasteiger partial charge in [0, 0.05) is 43.3 Å². The molecule has 9 heteroatoms. The van der Waals surface area contributed by atoms with Crippen LogP contribution in [0.5, 0.6) is 0 Å². The van der Waals surface area contributed by atoms with Crippen LogP contribution in [0.25, 0.3) is 0 Å². The summed E-state index contributed by atoms with van der Waals surface area (Å²) >= 11 is 1.45. The summed E-state index contributed by atoms with van der Waals surface area (Å²) in [6.45, 7) is 4.58. The van der Waals surface area contributed by atoms with Gasteiger partial charge in [-0.05, 0) is 6.92 Å². The fourth-order valence-electron chi connectivity index (χ4n) is 3.81. The third-order valence-electron chi connectivity index (χ3n) is 5.11. The van der Waals surface area contributed by atoms with Gasteiger partial charge in [0.05, 0.1) is 18.1 Å². The molecule has 4 atom stereocenters. The van der Waals surface area contributed by atoms with Crippen molar-refractivity contribution in [2.45, 2.75) is 31.2 Å². The van der Waals surface area contributed by atoms with Crippen LogP contribution in [0.1, 0.15) is 13.8 Å². The van der Waals surface area contributed by atoms with Crippen molar-refractivity contribution in [1.82, 2.24) is 14.7 Å². The second-order valence-corrected chi connectivity index (χ2v) is 8.44. The fourth-order valence-corrected chi connectivity index (χ4v) is 5.33. The molecule has 2 fully saturated rings. The minimum Gasteiger partial charge on any atom is -0.477 e. The molecule has 0 aromatic rings. The first-order valence-corrected chi connectivity index (χ1v) is 9.14. The maximum absolute atomic E-state index is 12.3. The molecule has 3 aliphatic heterocycles. The number of β-lactam (4-membered cyclic amide) rings is 1. The van der Waals surface area contributed by atoms with Gasteiger partial charge >= 0.3 is 12.0 Å². The van der Waals surface area contributed by atoms with E-state index in [0.29, 0.717) is 18.0 Å². The zero-order valence-electron chi connectivity index (χ0n) is 14.7. The monoisotopic (exact) mass is 369 g/mol. The number of aliphatic carboxylic acids is 1. The number of hydrogen-bond donors (Lipinski definition) is 2. The smallest absolute Gasteiger partial charge is 0.353 e. The summed E-state index contributed by atoms with van der Waals surface area (Å²) in [6.07, 6.45) is -0.799. The minimum absolute atomic E-state index is 0.0433. The molecule has 0 aliphatic carbocycles. The maximum Gasteiger partial charge on any atom is 0.353 e. The van der Waals surface area contributed by atoms with Gasteiger partial charge in [-0.3, -0.25) is 4.79 Å². The van der Waals surface area contributed by atoms with Gasteiger partial charge in [-0.15, -0.1) is 11.8 Å². The highest BCUT2D eigenvalue weighted by atomic mass is 32.2. The van der Waals surface area contributed by atoms with Gasteiger partial charge in [0.1, 0.15) is 5.70 Å². The SMILES string of the molecule is C[C@@H](O)[C@H]1C(=O)N2C(C(=O)O)=C(SC3CN(C(=O)N(C)C)C3)[C@H](C)[C@H]12. The van der Waals surface area contributed by atoms with E-state index in [1.165, 1.54) is 21.6 Å². The average molecular weight is 369 g/mol. The standard InChI is InChI=1S/C16H23N3O5S/c1-7-11-10(8(2)20)14(21)19(11)12(15(22)23)13(7)25-9-5-18(6-9)16(24)17(3)4/h7-11,20H,5-6H2,1-4H3,(H,22,23)/t7-,8-,10-,11-/m1/s1. The first-order chi connectivity index (χ1) is 11.6. The number of carbonyl (C=O) groups excluding carboxylic acids is 2. The molecule has 25 heavy (non-hydrogen) atoms. The number of hydrogen-bond acceptors (Lipinski definition) is 5. The number of nitrogens with zero attached hydrogens (tertiary/aromatic N) is 3. The molecule has 3 aliphatic rings. The lowest BCUT2D eigenvalue weighted by Gasteiger charge is -2.46. The molecular formula is C16H23N3O5S. The van der Waals surface area contributed by atoms with Crippen LogP contribution in [0.2, 0.25) is 0 Å². The van der Waals surface area contributed by atoms with E-state index in [0.717, 1.165) is 0 Å². The molecule has 138 valence electrons. The van der Waals surface area contributed by atoms with Crippen LogP contribution >= 0.6 is 11.8 Å². The summed E-state index contributed by atoms with van der Waals surface area (Å²) < 4.78 is 0. The van der Waals surface area contributed by atoms with Crippen LogP contribution in [0.3, 0.4) is 0 Å². The molecule has 3 rings (SSSR count). The number of urea groups is 1. The van der Waals surface area contributed by atoms with Crippen LogP contribution in [0, 0.1) is 11.8 Å². The third-order valence-corrected chi connectivity index (χ3v) is 6.56. The van der Waals surface area contributed by atoms with E-state index in [4.69, 9.17) is 0 Å². The summed E-state index contributed by atoms with van der Waals surface area (Å²) in [7, 11) is 3.39. The summed E-state index contributed by atoms with van der Waals surface area (Å²) in [5, 5.41) is 19.5. The highest BCUT2D eigenvalue weighted by Crippen LogP contribution is 2.51. The normalized spacial score (nSPS) is 30.0. The molecule has 0 unspecified atom stereocenters. The highest BCUT2D eigenvalue weighted by Gasteiger charge is 2.60. The Bertz CT molecular complexity index is 656. The lowest BCUT2D eigenvalue weighted by atomic mass is 9.79. The van der Waals surface area contributed by atoms with Crippen molar-refractivity contribution >= 4 is 29.7 Å². The Morgan fingerprint density at radius 2 is 1.92 bits per heavy atom. The number of amides is 3. The molecule has 3 heterocycles. The Morgan fingerprint density at radius 3 is 2.40 bits per heavy atom. The van der Waals surface area contributed by atoms with E-state index < -0.39 is 18.0 Å². The largest absolute Gasteiger partial charge is 0.477 e. The number of likely N-dealkylation sites (tertiary alicyclic amines) is 1. The van der Waals surface area contributed by atoms with Crippen LogP contribution in [0.15, 0.2) is 10.6 Å². The molecule has 0 aromatic carbocycles. The van der Waals surface area contributed by atoms with Gasteiger partial charge in [0.25, 0.3) is 0 Å². The Kier molecular flexibility index (Phi) is 4.48. The fraction of sp³-hybridized carbons (Fsp3) is 0.688.